The number of carbonyl (C=O) groups is 1. The van der Waals surface area contributed by atoms with E-state index >= 15 is 0 Å². The smallest absolute Gasteiger partial charge is 0.151 e. The van der Waals surface area contributed by atoms with Gasteiger partial charge in [-0.2, -0.15) is 0 Å². The molecule has 0 aliphatic heterocycles. The van der Waals surface area contributed by atoms with E-state index in [0.29, 0.717) is 12.2 Å². The molecule has 82 valence electrons. The van der Waals surface area contributed by atoms with Gasteiger partial charge in [-0.1, -0.05) is 11.6 Å². The van der Waals surface area contributed by atoms with Crippen molar-refractivity contribution in [3.05, 3.63) is 10.3 Å². The monoisotopic (exact) mass is 271 g/mol. The molecule has 0 radical (unpaired) electrons. The molecule has 1 unspecified atom stereocenters. The first kappa shape index (κ1) is 10.8. The zero-order valence-corrected chi connectivity index (χ0v) is 10.3. The summed E-state index contributed by atoms with van der Waals surface area (Å²) in [6.07, 6.45) is 4.58. The molecule has 0 saturated heterocycles. The van der Waals surface area contributed by atoms with Crippen LogP contribution in [-0.4, -0.2) is 20.8 Å². The number of carbonyl (C=O) groups excluding carboxylic acids is 1. The van der Waals surface area contributed by atoms with Gasteiger partial charge in [0.15, 0.2) is 4.60 Å². The average Bonchev–Trinajstić information content (AvgIpc) is 2.40. The van der Waals surface area contributed by atoms with E-state index in [1.165, 1.54) is 0 Å². The fourth-order valence-corrected chi connectivity index (χ4v) is 2.85. The quantitative estimate of drug-likeness (QED) is 0.736. The molecule has 0 aromatic carbocycles. The molecule has 4 nitrogen and oxygen atoms in total. The van der Waals surface area contributed by atoms with Crippen LogP contribution < -0.4 is 0 Å². The number of halogens is 1. The molecule has 0 spiro atoms. The molecule has 1 aromatic heterocycles. The Labute approximate surface area is 97.2 Å². The van der Waals surface area contributed by atoms with Gasteiger partial charge in [-0.15, -0.1) is 5.10 Å². The number of aryl methyl sites for hydroxylation is 1. The van der Waals surface area contributed by atoms with E-state index in [9.17, 15) is 4.79 Å². The first-order valence-corrected chi connectivity index (χ1v) is 6.04. The van der Waals surface area contributed by atoms with Gasteiger partial charge < -0.3 is 0 Å². The third kappa shape index (κ3) is 2.27. The Morgan fingerprint density at radius 1 is 1.47 bits per heavy atom. The molecule has 0 bridgehead atoms. The number of hydrogen-bond donors (Lipinski definition) is 0. The van der Waals surface area contributed by atoms with Crippen LogP contribution in [0.1, 0.15) is 43.7 Å². The average molecular weight is 272 g/mol. The first-order valence-electron chi connectivity index (χ1n) is 5.25. The topological polar surface area (TPSA) is 47.8 Å². The zero-order chi connectivity index (χ0) is 10.8. The van der Waals surface area contributed by atoms with Crippen LogP contribution in [0.4, 0.5) is 0 Å². The molecule has 1 aliphatic rings. The lowest BCUT2D eigenvalue weighted by Gasteiger charge is -2.13. The highest BCUT2D eigenvalue weighted by Crippen LogP contribution is 2.32. The maximum atomic E-state index is 11.5. The minimum absolute atomic E-state index is 0.286. The van der Waals surface area contributed by atoms with Crippen molar-refractivity contribution in [3.63, 3.8) is 0 Å². The molecule has 1 atom stereocenters. The molecule has 15 heavy (non-hydrogen) atoms. The van der Waals surface area contributed by atoms with Crippen LogP contribution >= 0.6 is 15.9 Å². The van der Waals surface area contributed by atoms with Crippen LogP contribution in [-0.2, 0) is 11.8 Å². The van der Waals surface area contributed by atoms with Crippen molar-refractivity contribution in [1.82, 2.24) is 15.0 Å². The third-order valence-corrected chi connectivity index (χ3v) is 3.51. The van der Waals surface area contributed by atoms with E-state index in [1.807, 2.05) is 7.05 Å². The number of aromatic nitrogens is 3. The molecule has 1 saturated carbocycles. The maximum absolute atomic E-state index is 11.5. The van der Waals surface area contributed by atoms with Gasteiger partial charge in [0.2, 0.25) is 0 Å². The lowest BCUT2D eigenvalue weighted by molar-refractivity contribution is -0.119. The Hall–Kier alpha value is -0.710. The van der Waals surface area contributed by atoms with Gasteiger partial charge in [-0.25, -0.2) is 0 Å². The Kier molecular flexibility index (Phi) is 3.19. The Bertz CT molecular complexity index is 355. The molecular formula is C10H14BrN3O. The second-order valence-corrected chi connectivity index (χ2v) is 4.83. The van der Waals surface area contributed by atoms with Gasteiger partial charge >= 0.3 is 0 Å². The van der Waals surface area contributed by atoms with Gasteiger partial charge in [0.1, 0.15) is 5.78 Å². The predicted molar refractivity (Wildman–Crippen MR) is 59.5 cm³/mol. The molecule has 1 aromatic rings. The minimum Gasteiger partial charge on any atom is -0.300 e. The van der Waals surface area contributed by atoms with Gasteiger partial charge in [0, 0.05) is 25.8 Å². The van der Waals surface area contributed by atoms with Crippen LogP contribution in [0, 0.1) is 0 Å². The standard InChI is InChI=1S/C10H14BrN3O/c1-14-9(10(11)12-13-14)7-4-2-3-5-8(15)6-7/h7H,2-6H2,1H3. The predicted octanol–water partition coefficient (Wildman–Crippen LogP) is 2.19. The summed E-state index contributed by atoms with van der Waals surface area (Å²) in [6.45, 7) is 0. The Morgan fingerprint density at radius 3 is 2.93 bits per heavy atom. The van der Waals surface area contributed by atoms with E-state index in [2.05, 4.69) is 26.2 Å². The summed E-state index contributed by atoms with van der Waals surface area (Å²) in [6, 6.07) is 0. The van der Waals surface area contributed by atoms with Crippen LogP contribution in [0.3, 0.4) is 0 Å². The highest BCUT2D eigenvalue weighted by Gasteiger charge is 2.24. The van der Waals surface area contributed by atoms with Crippen molar-refractivity contribution in [2.45, 2.75) is 38.0 Å². The SMILES string of the molecule is Cn1nnc(Br)c1C1CCCCC(=O)C1. The molecule has 1 aliphatic carbocycles. The van der Waals surface area contributed by atoms with E-state index in [1.54, 1.807) is 4.68 Å². The van der Waals surface area contributed by atoms with Gasteiger partial charge in [-0.05, 0) is 28.8 Å². The second-order valence-electron chi connectivity index (χ2n) is 4.07. The van der Waals surface area contributed by atoms with Crippen LogP contribution in [0.5, 0.6) is 0 Å². The maximum Gasteiger partial charge on any atom is 0.151 e. The minimum atomic E-state index is 0.286. The van der Waals surface area contributed by atoms with E-state index in [0.717, 1.165) is 36.0 Å². The van der Waals surface area contributed by atoms with Crippen LogP contribution in [0.15, 0.2) is 4.60 Å². The summed E-state index contributed by atoms with van der Waals surface area (Å²) in [7, 11) is 1.88. The van der Waals surface area contributed by atoms with Crippen molar-refractivity contribution in [1.29, 1.82) is 0 Å². The highest BCUT2D eigenvalue weighted by atomic mass is 79.9. The van der Waals surface area contributed by atoms with E-state index in [4.69, 9.17) is 0 Å². The molecule has 1 fully saturated rings. The molecular weight excluding hydrogens is 258 g/mol. The molecule has 5 heteroatoms. The number of Topliss-reactive ketones (excluding diaryl/α,β-unsaturated/α-hetero) is 1. The van der Waals surface area contributed by atoms with Crippen molar-refractivity contribution in [2.24, 2.45) is 7.05 Å². The number of ketones is 1. The van der Waals surface area contributed by atoms with E-state index < -0.39 is 0 Å². The normalized spacial score (nSPS) is 22.8. The summed E-state index contributed by atoms with van der Waals surface area (Å²) in [5.41, 5.74) is 1.06. The Morgan fingerprint density at radius 2 is 2.27 bits per heavy atom. The van der Waals surface area contributed by atoms with Crippen molar-refractivity contribution < 1.29 is 4.79 Å². The highest BCUT2D eigenvalue weighted by molar-refractivity contribution is 9.10. The van der Waals surface area contributed by atoms with Gasteiger partial charge in [0.05, 0.1) is 5.69 Å². The summed E-state index contributed by atoms with van der Waals surface area (Å²) in [5.74, 6) is 0.653. The third-order valence-electron chi connectivity index (χ3n) is 2.95. The largest absolute Gasteiger partial charge is 0.300 e. The fourth-order valence-electron chi connectivity index (χ4n) is 2.20. The first-order chi connectivity index (χ1) is 7.18. The number of hydrogen-bond acceptors (Lipinski definition) is 3. The molecule has 1 heterocycles. The lowest BCUT2D eigenvalue weighted by atomic mass is 9.97. The zero-order valence-electron chi connectivity index (χ0n) is 8.74. The molecule has 2 rings (SSSR count). The summed E-state index contributed by atoms with van der Waals surface area (Å²) < 4.78 is 2.55. The van der Waals surface area contributed by atoms with Gasteiger partial charge in [0.25, 0.3) is 0 Å². The second kappa shape index (κ2) is 4.43. The summed E-state index contributed by atoms with van der Waals surface area (Å²) in [4.78, 5) is 11.5. The molecule has 0 amide bonds. The van der Waals surface area contributed by atoms with Gasteiger partial charge in [-0.3, -0.25) is 9.48 Å². The number of rotatable bonds is 1. The summed E-state index contributed by atoms with van der Waals surface area (Å²) in [5, 5.41) is 7.92. The lowest BCUT2D eigenvalue weighted by Crippen LogP contribution is -2.09. The van der Waals surface area contributed by atoms with E-state index in [-0.39, 0.29) is 5.92 Å². The van der Waals surface area contributed by atoms with Crippen molar-refractivity contribution in [2.75, 3.05) is 0 Å². The molecule has 0 N–H and O–H groups in total. The van der Waals surface area contributed by atoms with Crippen LogP contribution in [0.2, 0.25) is 0 Å². The summed E-state index contributed by atoms with van der Waals surface area (Å²) >= 11 is 3.39. The van der Waals surface area contributed by atoms with Crippen molar-refractivity contribution in [3.8, 4) is 0 Å². The fraction of sp³-hybridized carbons (Fsp3) is 0.700. The number of nitrogens with zero attached hydrogens (tertiary/aromatic N) is 3. The van der Waals surface area contributed by atoms with Crippen LogP contribution in [0.25, 0.3) is 0 Å². The Balaban J connectivity index is 2.25. The van der Waals surface area contributed by atoms with Crippen molar-refractivity contribution >= 4 is 21.7 Å².